The summed E-state index contributed by atoms with van der Waals surface area (Å²) in [5, 5.41) is 31.8. The summed E-state index contributed by atoms with van der Waals surface area (Å²) in [5.41, 5.74) is -8.18. The van der Waals surface area contributed by atoms with Crippen LogP contribution in [-0.4, -0.2) is 50.6 Å². The minimum absolute atomic E-state index is 0.124. The number of carboxylic acids is 1. The fraction of sp³-hybridized carbons (Fsp3) is 0.810. The van der Waals surface area contributed by atoms with Crippen LogP contribution in [0.15, 0.2) is 11.4 Å². The molecule has 0 aromatic heterocycles. The third-order valence-electron chi connectivity index (χ3n) is 9.01. The second kappa shape index (κ2) is 5.84. The molecule has 5 nitrogen and oxygen atoms in total. The second-order valence-electron chi connectivity index (χ2n) is 10.0. The Morgan fingerprint density at radius 2 is 1.83 bits per heavy atom. The molecule has 3 fully saturated rings. The van der Waals surface area contributed by atoms with Crippen molar-refractivity contribution in [1.29, 1.82) is 0 Å². The van der Waals surface area contributed by atoms with Crippen molar-refractivity contribution in [3.8, 4) is 0 Å². The average molecular weight is 416 g/mol. The van der Waals surface area contributed by atoms with Crippen LogP contribution in [0, 0.1) is 28.6 Å². The lowest BCUT2D eigenvalue weighted by Crippen LogP contribution is -2.71. The first-order chi connectivity index (χ1) is 13.3. The van der Waals surface area contributed by atoms with E-state index in [1.165, 1.54) is 13.8 Å². The number of allylic oxidation sites excluding steroid dienone is 1. The van der Waals surface area contributed by atoms with Gasteiger partial charge in [0.2, 0.25) is 0 Å². The van der Waals surface area contributed by atoms with Crippen molar-refractivity contribution in [3.05, 3.63) is 11.4 Å². The first-order valence-corrected chi connectivity index (χ1v) is 10.2. The number of aliphatic hydroxyl groups is 2. The number of Topliss-reactive ketones (excluding diaryl/α,β-unsaturated/α-hetero) is 1. The zero-order valence-corrected chi connectivity index (χ0v) is 16.7. The van der Waals surface area contributed by atoms with E-state index in [2.05, 4.69) is 0 Å². The predicted octanol–water partition coefficient (Wildman–Crippen LogP) is 2.89. The highest BCUT2D eigenvalue weighted by Crippen LogP contribution is 2.71. The highest BCUT2D eigenvalue weighted by molar-refractivity contribution is 5.95. The Morgan fingerprint density at radius 1 is 1.21 bits per heavy atom. The maximum atomic E-state index is 16.8. The molecule has 0 aromatic carbocycles. The highest BCUT2D eigenvalue weighted by atomic mass is 19.2. The molecular weight excluding hydrogens is 389 g/mol. The van der Waals surface area contributed by atoms with Gasteiger partial charge >= 0.3 is 5.97 Å². The zero-order chi connectivity index (χ0) is 21.7. The number of ketones is 1. The van der Waals surface area contributed by atoms with Crippen molar-refractivity contribution in [3.63, 3.8) is 0 Å². The van der Waals surface area contributed by atoms with Crippen molar-refractivity contribution < 1.29 is 38.1 Å². The summed E-state index contributed by atoms with van der Waals surface area (Å²) < 4.78 is 46.7. The van der Waals surface area contributed by atoms with Crippen molar-refractivity contribution in [1.82, 2.24) is 0 Å². The van der Waals surface area contributed by atoms with Gasteiger partial charge in [0.15, 0.2) is 17.2 Å². The van der Waals surface area contributed by atoms with E-state index in [1.54, 1.807) is 6.92 Å². The summed E-state index contributed by atoms with van der Waals surface area (Å²) in [6, 6.07) is 0. The molecule has 3 N–H and O–H groups in total. The minimum atomic E-state index is -2.42. The Morgan fingerprint density at radius 3 is 2.41 bits per heavy atom. The molecule has 0 saturated heterocycles. The third-order valence-corrected chi connectivity index (χ3v) is 9.01. The van der Waals surface area contributed by atoms with E-state index in [1.807, 2.05) is 0 Å². The van der Waals surface area contributed by atoms with E-state index < -0.39 is 81.7 Å². The van der Waals surface area contributed by atoms with Gasteiger partial charge in [-0.2, -0.15) is 0 Å². The number of carbonyl (C=O) groups is 2. The van der Waals surface area contributed by atoms with Crippen LogP contribution in [-0.2, 0) is 9.59 Å². The number of hydrogen-bond acceptors (Lipinski definition) is 4. The van der Waals surface area contributed by atoms with Gasteiger partial charge in [-0.05, 0) is 37.5 Å². The standard InChI is InChI=1S/C21H27F3O5/c1-9-6-10-11-7-12(22)15-16(23)13(25)4-5-18(15,2)20(11,24)14(26)8-19(10,3)21(9,29)17(27)28/h9-12,14,26,29H,4-8H2,1-3H3,(H,27,28)/t9?,10-,11-,12?,14?,18-,19-,20+,21?/m0/s1. The van der Waals surface area contributed by atoms with E-state index in [0.29, 0.717) is 0 Å². The molecule has 0 heterocycles. The topological polar surface area (TPSA) is 94.8 Å². The van der Waals surface area contributed by atoms with Gasteiger partial charge < -0.3 is 15.3 Å². The van der Waals surface area contributed by atoms with Crippen molar-refractivity contribution in [2.75, 3.05) is 0 Å². The molecule has 29 heavy (non-hydrogen) atoms. The van der Waals surface area contributed by atoms with Crippen LogP contribution in [0.1, 0.15) is 52.9 Å². The fourth-order valence-corrected chi connectivity index (χ4v) is 7.45. The van der Waals surface area contributed by atoms with Gasteiger partial charge in [0.25, 0.3) is 0 Å². The lowest BCUT2D eigenvalue weighted by Gasteiger charge is -2.63. The monoisotopic (exact) mass is 416 g/mol. The molecule has 3 saturated carbocycles. The molecule has 0 radical (unpaired) electrons. The van der Waals surface area contributed by atoms with Gasteiger partial charge in [0.1, 0.15) is 11.8 Å². The van der Waals surface area contributed by atoms with Crippen molar-refractivity contribution >= 4 is 11.8 Å². The van der Waals surface area contributed by atoms with Crippen LogP contribution in [0.4, 0.5) is 13.2 Å². The lowest BCUT2D eigenvalue weighted by molar-refractivity contribution is -0.238. The number of carbonyl (C=O) groups excluding carboxylic acids is 1. The van der Waals surface area contributed by atoms with Gasteiger partial charge in [0.05, 0.1) is 6.10 Å². The van der Waals surface area contributed by atoms with E-state index in [0.717, 1.165) is 0 Å². The predicted molar refractivity (Wildman–Crippen MR) is 95.9 cm³/mol. The van der Waals surface area contributed by atoms with Gasteiger partial charge in [-0.1, -0.05) is 20.8 Å². The minimum Gasteiger partial charge on any atom is -0.479 e. The van der Waals surface area contributed by atoms with E-state index in [9.17, 15) is 29.3 Å². The van der Waals surface area contributed by atoms with Crippen LogP contribution in [0.25, 0.3) is 0 Å². The number of halogens is 3. The molecule has 0 spiro atoms. The van der Waals surface area contributed by atoms with E-state index in [-0.39, 0.29) is 25.7 Å². The molecule has 4 unspecified atom stereocenters. The van der Waals surface area contributed by atoms with Gasteiger partial charge in [0, 0.05) is 28.7 Å². The summed E-state index contributed by atoms with van der Waals surface area (Å²) in [6.07, 6.45) is -4.66. The maximum absolute atomic E-state index is 16.8. The summed E-state index contributed by atoms with van der Waals surface area (Å²) in [7, 11) is 0. The quantitative estimate of drug-likeness (QED) is 0.611. The average Bonchev–Trinajstić information content (AvgIpc) is 2.83. The molecule has 8 heteroatoms. The zero-order valence-electron chi connectivity index (χ0n) is 16.7. The molecule has 0 amide bonds. The maximum Gasteiger partial charge on any atom is 0.336 e. The van der Waals surface area contributed by atoms with Gasteiger partial charge in [-0.15, -0.1) is 0 Å². The smallest absolute Gasteiger partial charge is 0.336 e. The lowest BCUT2D eigenvalue weighted by atomic mass is 9.43. The normalized spacial score (nSPS) is 54.6. The summed E-state index contributed by atoms with van der Waals surface area (Å²) >= 11 is 0. The first kappa shape index (κ1) is 20.8. The first-order valence-electron chi connectivity index (χ1n) is 10.2. The molecule has 0 aliphatic heterocycles. The molecule has 9 atom stereocenters. The Balaban J connectivity index is 1.90. The summed E-state index contributed by atoms with van der Waals surface area (Å²) in [6.45, 7) is 4.44. The number of aliphatic hydroxyl groups excluding tert-OH is 1. The molecule has 162 valence electrons. The Bertz CT molecular complexity index is 829. The van der Waals surface area contributed by atoms with Crippen LogP contribution in [0.5, 0.6) is 0 Å². The Kier molecular flexibility index (Phi) is 4.20. The van der Waals surface area contributed by atoms with Gasteiger partial charge in [-0.3, -0.25) is 4.79 Å². The second-order valence-corrected chi connectivity index (χ2v) is 10.0. The molecule has 0 bridgehead atoms. The van der Waals surface area contributed by atoms with Crippen LogP contribution in [0.3, 0.4) is 0 Å². The van der Waals surface area contributed by atoms with Crippen molar-refractivity contribution in [2.45, 2.75) is 76.4 Å². The van der Waals surface area contributed by atoms with E-state index >= 15 is 8.78 Å². The van der Waals surface area contributed by atoms with Gasteiger partial charge in [-0.25, -0.2) is 18.0 Å². The summed E-state index contributed by atoms with van der Waals surface area (Å²) in [4.78, 5) is 23.8. The Hall–Kier alpha value is -1.41. The number of alkyl halides is 2. The molecule has 4 aliphatic carbocycles. The number of fused-ring (bicyclic) bond motifs is 5. The Labute approximate surface area is 167 Å². The van der Waals surface area contributed by atoms with Crippen LogP contribution < -0.4 is 0 Å². The number of hydrogen-bond donors (Lipinski definition) is 3. The summed E-state index contributed by atoms with van der Waals surface area (Å²) in [5.74, 6) is -6.07. The molecule has 4 aliphatic rings. The number of carboxylic acid groups (broad SMARTS) is 1. The van der Waals surface area contributed by atoms with Crippen LogP contribution in [0.2, 0.25) is 0 Å². The van der Waals surface area contributed by atoms with E-state index in [4.69, 9.17) is 0 Å². The van der Waals surface area contributed by atoms with Crippen molar-refractivity contribution in [2.24, 2.45) is 28.6 Å². The highest BCUT2D eigenvalue weighted by Gasteiger charge is 2.77. The number of aliphatic carboxylic acids is 1. The van der Waals surface area contributed by atoms with Crippen LogP contribution >= 0.6 is 0 Å². The molecule has 0 aromatic rings. The SMILES string of the molecule is CC1C[C@H]2[C@@H]3CC(F)C4=C(F)C(=O)CC[C@]4(C)[C@]3(F)C(O)C[C@]2(C)C1(O)C(=O)O. The fourth-order valence-electron chi connectivity index (χ4n) is 7.45. The largest absolute Gasteiger partial charge is 0.479 e. The molecular formula is C21H27F3O5. The number of rotatable bonds is 1. The molecule has 4 rings (SSSR count). The third kappa shape index (κ3) is 2.10.